The van der Waals surface area contributed by atoms with Crippen molar-refractivity contribution in [1.82, 2.24) is 0 Å². The average molecular weight is 387 g/mol. The van der Waals surface area contributed by atoms with Gasteiger partial charge in [-0.05, 0) is 51.8 Å². The third-order valence-electron chi connectivity index (χ3n) is 3.18. The van der Waals surface area contributed by atoms with E-state index in [9.17, 15) is 9.18 Å². The molecular formula is C15H10BrClFNOS. The maximum atomic E-state index is 13.7. The van der Waals surface area contributed by atoms with Crippen LogP contribution in [0.25, 0.3) is 0 Å². The van der Waals surface area contributed by atoms with E-state index >= 15 is 0 Å². The first kappa shape index (κ1) is 14.9. The first-order valence-electron chi connectivity index (χ1n) is 6.20. The molecule has 21 heavy (non-hydrogen) atoms. The van der Waals surface area contributed by atoms with Crippen LogP contribution >= 0.6 is 39.3 Å². The number of benzene rings is 2. The van der Waals surface area contributed by atoms with Crippen LogP contribution in [-0.4, -0.2) is 11.7 Å². The molecule has 2 aromatic rings. The Kier molecular flexibility index (Phi) is 4.24. The fourth-order valence-corrected chi connectivity index (χ4v) is 3.86. The van der Waals surface area contributed by atoms with E-state index in [-0.39, 0.29) is 17.1 Å². The number of halogens is 3. The molecule has 1 aliphatic rings. The third kappa shape index (κ3) is 2.96. The van der Waals surface area contributed by atoms with Crippen LogP contribution in [0.4, 0.5) is 10.1 Å². The molecule has 6 heteroatoms. The molecule has 0 spiro atoms. The minimum Gasteiger partial charge on any atom is -0.295 e. The summed E-state index contributed by atoms with van der Waals surface area (Å²) in [5.74, 6) is -0.0526. The molecular weight excluding hydrogens is 377 g/mol. The Labute approximate surface area is 139 Å². The molecule has 1 unspecified atom stereocenters. The molecule has 1 aliphatic heterocycles. The summed E-state index contributed by atoms with van der Waals surface area (Å²) < 4.78 is 14.1. The molecule has 108 valence electrons. The lowest BCUT2D eigenvalue weighted by Crippen LogP contribution is -2.27. The van der Waals surface area contributed by atoms with Gasteiger partial charge < -0.3 is 0 Å². The predicted octanol–water partition coefficient (Wildman–Crippen LogP) is 5.02. The van der Waals surface area contributed by atoms with Crippen molar-refractivity contribution in [2.45, 2.75) is 5.37 Å². The molecule has 2 nitrogen and oxygen atoms in total. The van der Waals surface area contributed by atoms with Crippen molar-refractivity contribution in [2.75, 3.05) is 10.7 Å². The number of nitrogens with zero attached hydrogens (tertiary/aromatic N) is 1. The fourth-order valence-electron chi connectivity index (χ4n) is 2.24. The lowest BCUT2D eigenvalue weighted by molar-refractivity contribution is -0.115. The van der Waals surface area contributed by atoms with Gasteiger partial charge in [0.1, 0.15) is 11.2 Å². The number of anilines is 1. The van der Waals surface area contributed by atoms with Gasteiger partial charge in [0.2, 0.25) is 5.91 Å². The van der Waals surface area contributed by atoms with Gasteiger partial charge in [-0.1, -0.05) is 23.7 Å². The highest BCUT2D eigenvalue weighted by molar-refractivity contribution is 9.10. The van der Waals surface area contributed by atoms with Gasteiger partial charge in [-0.25, -0.2) is 4.39 Å². The second-order valence-electron chi connectivity index (χ2n) is 4.58. The highest BCUT2D eigenvalue weighted by atomic mass is 79.9. The highest BCUT2D eigenvalue weighted by Gasteiger charge is 2.34. The zero-order valence-corrected chi connectivity index (χ0v) is 13.9. The topological polar surface area (TPSA) is 20.3 Å². The van der Waals surface area contributed by atoms with E-state index in [2.05, 4.69) is 15.9 Å². The van der Waals surface area contributed by atoms with E-state index in [1.807, 2.05) is 18.2 Å². The standard InChI is InChI=1S/C15H10BrClFNOS/c16-12-5-4-11(7-13(12)18)19-14(20)8-21-15(19)9-2-1-3-10(17)6-9/h1-7,15H,8H2. The lowest BCUT2D eigenvalue weighted by Gasteiger charge is -2.24. The summed E-state index contributed by atoms with van der Waals surface area (Å²) in [5.41, 5.74) is 1.48. The number of rotatable bonds is 2. The number of hydrogen-bond acceptors (Lipinski definition) is 2. The van der Waals surface area contributed by atoms with Gasteiger partial charge in [0.15, 0.2) is 0 Å². The fraction of sp³-hybridized carbons (Fsp3) is 0.133. The second kappa shape index (κ2) is 5.99. The van der Waals surface area contributed by atoms with Gasteiger partial charge in [-0.2, -0.15) is 0 Å². The van der Waals surface area contributed by atoms with Crippen LogP contribution < -0.4 is 4.90 Å². The van der Waals surface area contributed by atoms with Gasteiger partial charge in [0.25, 0.3) is 0 Å². The van der Waals surface area contributed by atoms with Crippen molar-refractivity contribution < 1.29 is 9.18 Å². The lowest BCUT2D eigenvalue weighted by atomic mass is 10.2. The molecule has 0 aromatic heterocycles. The molecule has 0 aliphatic carbocycles. The zero-order chi connectivity index (χ0) is 15.0. The van der Waals surface area contributed by atoms with E-state index in [4.69, 9.17) is 11.6 Å². The molecule has 1 fully saturated rings. The molecule has 1 amide bonds. The number of thioether (sulfide) groups is 1. The number of hydrogen-bond donors (Lipinski definition) is 0. The summed E-state index contributed by atoms with van der Waals surface area (Å²) in [5, 5.41) is 0.436. The van der Waals surface area contributed by atoms with Crippen molar-refractivity contribution in [3.05, 3.63) is 63.3 Å². The Hall–Kier alpha value is -1.04. The summed E-state index contributed by atoms with van der Waals surface area (Å²) >= 11 is 10.7. The minimum atomic E-state index is -0.387. The van der Waals surface area contributed by atoms with Gasteiger partial charge in [-0.3, -0.25) is 9.69 Å². The molecule has 0 saturated carbocycles. The number of carbonyl (C=O) groups excluding carboxylic acids is 1. The van der Waals surface area contributed by atoms with Crippen LogP contribution in [0.1, 0.15) is 10.9 Å². The average Bonchev–Trinajstić information content (AvgIpc) is 2.84. The predicted molar refractivity (Wildman–Crippen MR) is 88.2 cm³/mol. The summed E-state index contributed by atoms with van der Waals surface area (Å²) in [4.78, 5) is 13.8. The van der Waals surface area contributed by atoms with Crippen molar-refractivity contribution >= 4 is 50.9 Å². The Balaban J connectivity index is 2.01. The monoisotopic (exact) mass is 385 g/mol. The van der Waals surface area contributed by atoms with Crippen molar-refractivity contribution in [1.29, 1.82) is 0 Å². The van der Waals surface area contributed by atoms with E-state index in [0.29, 0.717) is 20.9 Å². The Morgan fingerprint density at radius 1 is 1.29 bits per heavy atom. The minimum absolute atomic E-state index is 0.0355. The van der Waals surface area contributed by atoms with E-state index in [0.717, 1.165) is 5.56 Å². The summed E-state index contributed by atoms with van der Waals surface area (Å²) in [7, 11) is 0. The number of carbonyl (C=O) groups is 1. The summed E-state index contributed by atoms with van der Waals surface area (Å²) in [6.45, 7) is 0. The molecule has 0 bridgehead atoms. The zero-order valence-electron chi connectivity index (χ0n) is 10.7. The second-order valence-corrected chi connectivity index (χ2v) is 6.94. The highest BCUT2D eigenvalue weighted by Crippen LogP contribution is 2.42. The maximum absolute atomic E-state index is 13.7. The first-order chi connectivity index (χ1) is 10.1. The van der Waals surface area contributed by atoms with Crippen LogP contribution in [-0.2, 0) is 4.79 Å². The molecule has 1 atom stereocenters. The molecule has 1 heterocycles. The van der Waals surface area contributed by atoms with Crippen LogP contribution in [0.5, 0.6) is 0 Å². The largest absolute Gasteiger partial charge is 0.295 e. The molecule has 0 radical (unpaired) electrons. The maximum Gasteiger partial charge on any atom is 0.238 e. The van der Waals surface area contributed by atoms with Crippen molar-refractivity contribution in [2.24, 2.45) is 0 Å². The first-order valence-corrected chi connectivity index (χ1v) is 8.42. The Bertz CT molecular complexity index is 712. The van der Waals surface area contributed by atoms with E-state index in [1.165, 1.54) is 17.8 Å². The quantitative estimate of drug-likeness (QED) is 0.722. The van der Waals surface area contributed by atoms with Gasteiger partial charge in [0, 0.05) is 10.7 Å². The van der Waals surface area contributed by atoms with Gasteiger partial charge in [0.05, 0.1) is 10.2 Å². The van der Waals surface area contributed by atoms with Gasteiger partial charge in [-0.15, -0.1) is 11.8 Å². The third-order valence-corrected chi connectivity index (χ3v) is 5.27. The molecule has 0 N–H and O–H groups in total. The normalized spacial score (nSPS) is 18.3. The van der Waals surface area contributed by atoms with Crippen LogP contribution in [0.15, 0.2) is 46.9 Å². The Morgan fingerprint density at radius 3 is 2.81 bits per heavy atom. The van der Waals surface area contributed by atoms with Crippen LogP contribution in [0, 0.1) is 5.82 Å². The van der Waals surface area contributed by atoms with E-state index in [1.54, 1.807) is 23.1 Å². The summed E-state index contributed by atoms with van der Waals surface area (Å²) in [6, 6.07) is 12.1. The number of amides is 1. The van der Waals surface area contributed by atoms with Crippen LogP contribution in [0.2, 0.25) is 5.02 Å². The SMILES string of the molecule is O=C1CSC(c2cccc(Cl)c2)N1c1ccc(Br)c(F)c1. The molecule has 1 saturated heterocycles. The van der Waals surface area contributed by atoms with Gasteiger partial charge >= 0.3 is 0 Å². The smallest absolute Gasteiger partial charge is 0.238 e. The van der Waals surface area contributed by atoms with E-state index < -0.39 is 0 Å². The molecule has 2 aromatic carbocycles. The van der Waals surface area contributed by atoms with Crippen molar-refractivity contribution in [3.8, 4) is 0 Å². The molecule has 3 rings (SSSR count). The Morgan fingerprint density at radius 2 is 2.10 bits per heavy atom. The summed E-state index contributed by atoms with van der Waals surface area (Å²) in [6.07, 6.45) is 0. The van der Waals surface area contributed by atoms with Crippen molar-refractivity contribution in [3.63, 3.8) is 0 Å². The van der Waals surface area contributed by atoms with Crippen LogP contribution in [0.3, 0.4) is 0 Å².